The van der Waals surface area contributed by atoms with Gasteiger partial charge in [0.2, 0.25) is 5.91 Å². The number of amides is 1. The molecule has 0 aliphatic carbocycles. The van der Waals surface area contributed by atoms with E-state index < -0.39 is 35.0 Å². The van der Waals surface area contributed by atoms with E-state index in [1.165, 1.54) is 0 Å². The molecular weight excluding hydrogens is 554 g/mol. The van der Waals surface area contributed by atoms with Crippen LogP contribution >= 0.6 is 11.6 Å². The maximum absolute atomic E-state index is 14.6. The van der Waals surface area contributed by atoms with E-state index in [1.807, 2.05) is 69.2 Å². The largest absolute Gasteiger partial charge is 0.496 e. The Labute approximate surface area is 255 Å². The monoisotopic (exact) mass is 599 g/mol. The lowest BCUT2D eigenvalue weighted by atomic mass is 9.72. The van der Waals surface area contributed by atoms with Crippen LogP contribution in [0.3, 0.4) is 0 Å². The van der Waals surface area contributed by atoms with Crippen LogP contribution in [-0.4, -0.2) is 67.4 Å². The van der Waals surface area contributed by atoms with Gasteiger partial charge in [0, 0.05) is 61.4 Å². The third-order valence-corrected chi connectivity index (χ3v) is 8.96. The number of rotatable bonds is 8. The van der Waals surface area contributed by atoms with Gasteiger partial charge >= 0.3 is 5.97 Å². The van der Waals surface area contributed by atoms with E-state index in [2.05, 4.69) is 26.1 Å². The van der Waals surface area contributed by atoms with Crippen LogP contribution in [0.1, 0.15) is 64.6 Å². The van der Waals surface area contributed by atoms with E-state index in [0.29, 0.717) is 36.8 Å². The number of carbonyl (C=O) groups is 2. The lowest BCUT2D eigenvalue weighted by Crippen LogP contribution is -2.51. The van der Waals surface area contributed by atoms with Crippen LogP contribution < -0.4 is 15.0 Å². The number of ether oxygens (including phenoxy) is 2. The van der Waals surface area contributed by atoms with Crippen molar-refractivity contribution in [3.05, 3.63) is 58.6 Å². The molecule has 2 aromatic rings. The van der Waals surface area contributed by atoms with Gasteiger partial charge in [-0.2, -0.15) is 0 Å². The molecule has 0 bridgehead atoms. The highest BCUT2D eigenvalue weighted by molar-refractivity contribution is 6.30. The first kappa shape index (κ1) is 32.1. The summed E-state index contributed by atoms with van der Waals surface area (Å²) in [5, 5.41) is 15.1. The molecule has 4 rings (SSSR count). The molecule has 8 nitrogen and oxygen atoms in total. The topological polar surface area (TPSA) is 91.3 Å². The summed E-state index contributed by atoms with van der Waals surface area (Å²) in [7, 11) is 5.55. The zero-order valence-electron chi connectivity index (χ0n) is 26.1. The Kier molecular flexibility index (Phi) is 9.50. The van der Waals surface area contributed by atoms with Crippen LogP contribution in [0.2, 0.25) is 5.02 Å². The molecule has 0 saturated carbocycles. The summed E-state index contributed by atoms with van der Waals surface area (Å²) in [6, 6.07) is 11.5. The zero-order valence-corrected chi connectivity index (χ0v) is 26.9. The average Bonchev–Trinajstić information content (AvgIpc) is 3.27. The van der Waals surface area contributed by atoms with Gasteiger partial charge < -0.3 is 29.7 Å². The van der Waals surface area contributed by atoms with Crippen molar-refractivity contribution in [1.29, 1.82) is 0 Å². The molecule has 42 heavy (non-hydrogen) atoms. The number of para-hydroxylation sites is 1. The smallest absolute Gasteiger partial charge is 0.326 e. The molecule has 1 amide bonds. The number of carbonyl (C=O) groups excluding carboxylic acids is 1. The first-order chi connectivity index (χ1) is 19.7. The molecule has 0 spiro atoms. The van der Waals surface area contributed by atoms with Gasteiger partial charge in [-0.1, -0.05) is 50.6 Å². The molecule has 2 aliphatic heterocycles. The predicted octanol–water partition coefficient (Wildman–Crippen LogP) is 5.78. The van der Waals surface area contributed by atoms with Crippen molar-refractivity contribution in [2.24, 2.45) is 17.3 Å². The molecule has 1 unspecified atom stereocenters. The number of likely N-dealkylation sites (tertiary alicyclic amines) is 1. The SMILES string of the molecule is COc1ccc(Cl)cc1CN[C@@H]1[C@@H](C(C)(C)C)[C@H](C(=O)O)N(C(=O)C2CCOC(C)(C)C2)[C@@H]1c1ccccc1N(C)C. The summed E-state index contributed by atoms with van der Waals surface area (Å²) in [5.41, 5.74) is 1.81. The van der Waals surface area contributed by atoms with Gasteiger partial charge in [0.15, 0.2) is 0 Å². The van der Waals surface area contributed by atoms with Crippen LogP contribution in [0.5, 0.6) is 5.75 Å². The van der Waals surface area contributed by atoms with Crippen molar-refractivity contribution in [3.63, 3.8) is 0 Å². The summed E-state index contributed by atoms with van der Waals surface area (Å²) in [4.78, 5) is 31.6. The Bertz CT molecular complexity index is 1290. The van der Waals surface area contributed by atoms with Gasteiger partial charge in [0.1, 0.15) is 11.8 Å². The number of aliphatic carboxylic acids is 1. The number of nitrogens with zero attached hydrogens (tertiary/aromatic N) is 2. The van der Waals surface area contributed by atoms with Gasteiger partial charge in [-0.05, 0) is 61.9 Å². The second-order valence-corrected chi connectivity index (χ2v) is 13.9. The summed E-state index contributed by atoms with van der Waals surface area (Å²) in [6.45, 7) is 11.0. The van der Waals surface area contributed by atoms with Gasteiger partial charge in [0.05, 0.1) is 18.8 Å². The van der Waals surface area contributed by atoms with Crippen LogP contribution in [0.25, 0.3) is 0 Å². The lowest BCUT2D eigenvalue weighted by molar-refractivity contribution is -0.158. The molecule has 2 aromatic carbocycles. The van der Waals surface area contributed by atoms with Crippen molar-refractivity contribution in [1.82, 2.24) is 10.2 Å². The Balaban J connectivity index is 1.89. The average molecular weight is 600 g/mol. The molecule has 5 atom stereocenters. The van der Waals surface area contributed by atoms with E-state index in [4.69, 9.17) is 21.1 Å². The molecule has 2 fully saturated rings. The maximum Gasteiger partial charge on any atom is 0.326 e. The van der Waals surface area contributed by atoms with Crippen LogP contribution in [0.4, 0.5) is 5.69 Å². The van der Waals surface area contributed by atoms with Crippen molar-refractivity contribution in [2.45, 2.75) is 77.7 Å². The number of hydrogen-bond acceptors (Lipinski definition) is 6. The standard InChI is InChI=1S/C33H46ClN3O5/c1-32(2,3)26-27(35-19-21-17-22(34)13-14-25(21)41-8)28(23-11-9-10-12-24(23)36(6)7)37(29(26)31(39)40)30(38)20-15-16-42-33(4,5)18-20/h9-14,17,20,26-29,35H,15-16,18-19H2,1-8H3,(H,39,40)/t20?,26-,27-,28-,29-/m1/s1. The fraction of sp³-hybridized carbons (Fsp3) is 0.576. The Morgan fingerprint density at radius 1 is 1.19 bits per heavy atom. The lowest BCUT2D eigenvalue weighted by Gasteiger charge is -2.40. The summed E-state index contributed by atoms with van der Waals surface area (Å²) in [6.07, 6.45) is 1.10. The molecule has 230 valence electrons. The highest BCUT2D eigenvalue weighted by atomic mass is 35.5. The molecule has 2 heterocycles. The van der Waals surface area contributed by atoms with E-state index in [9.17, 15) is 14.7 Å². The Morgan fingerprint density at radius 2 is 1.88 bits per heavy atom. The van der Waals surface area contributed by atoms with E-state index in [-0.39, 0.29) is 17.9 Å². The predicted molar refractivity (Wildman–Crippen MR) is 166 cm³/mol. The number of hydrogen-bond donors (Lipinski definition) is 2. The van der Waals surface area contributed by atoms with Crippen LogP contribution in [0.15, 0.2) is 42.5 Å². The summed E-state index contributed by atoms with van der Waals surface area (Å²) < 4.78 is 11.5. The zero-order chi connectivity index (χ0) is 31.0. The third kappa shape index (κ3) is 6.56. The molecule has 2 N–H and O–H groups in total. The number of anilines is 1. The quantitative estimate of drug-likeness (QED) is 0.398. The van der Waals surface area contributed by atoms with Gasteiger partial charge in [-0.25, -0.2) is 4.79 Å². The van der Waals surface area contributed by atoms with Crippen molar-refractivity contribution in [2.75, 3.05) is 32.7 Å². The number of carboxylic acid groups (broad SMARTS) is 1. The van der Waals surface area contributed by atoms with Crippen molar-refractivity contribution >= 4 is 29.2 Å². The normalized spacial score (nSPS) is 25.7. The molecule has 0 radical (unpaired) electrons. The minimum atomic E-state index is -1.03. The van der Waals surface area contributed by atoms with Crippen LogP contribution in [-0.2, 0) is 20.9 Å². The third-order valence-electron chi connectivity index (χ3n) is 8.73. The number of methoxy groups -OCH3 is 1. The first-order valence-corrected chi connectivity index (χ1v) is 15.0. The Hall–Kier alpha value is -2.81. The second-order valence-electron chi connectivity index (χ2n) is 13.5. The fourth-order valence-corrected chi connectivity index (χ4v) is 7.16. The summed E-state index contributed by atoms with van der Waals surface area (Å²) in [5.74, 6) is -1.17. The molecule has 2 aliphatic rings. The number of nitrogens with one attached hydrogen (secondary N) is 1. The second kappa shape index (κ2) is 12.4. The van der Waals surface area contributed by atoms with E-state index in [1.54, 1.807) is 18.1 Å². The highest BCUT2D eigenvalue weighted by Crippen LogP contribution is 2.51. The summed E-state index contributed by atoms with van der Waals surface area (Å²) >= 11 is 6.36. The number of carboxylic acids is 1. The molecule has 2 saturated heterocycles. The van der Waals surface area contributed by atoms with Gasteiger partial charge in [-0.3, -0.25) is 4.79 Å². The molecule has 9 heteroatoms. The number of halogens is 1. The van der Waals surface area contributed by atoms with Gasteiger partial charge in [0.25, 0.3) is 0 Å². The van der Waals surface area contributed by atoms with Crippen molar-refractivity contribution in [3.8, 4) is 5.75 Å². The number of benzene rings is 2. The molecule has 0 aromatic heterocycles. The fourth-order valence-electron chi connectivity index (χ4n) is 6.96. The van der Waals surface area contributed by atoms with E-state index >= 15 is 0 Å². The maximum atomic E-state index is 14.6. The first-order valence-electron chi connectivity index (χ1n) is 14.7. The minimum Gasteiger partial charge on any atom is -0.496 e. The van der Waals surface area contributed by atoms with Crippen molar-refractivity contribution < 1.29 is 24.2 Å². The van der Waals surface area contributed by atoms with Gasteiger partial charge in [-0.15, -0.1) is 0 Å². The highest BCUT2D eigenvalue weighted by Gasteiger charge is 2.59. The van der Waals surface area contributed by atoms with E-state index in [0.717, 1.165) is 16.8 Å². The minimum absolute atomic E-state index is 0.128. The molecular formula is C33H46ClN3O5. The Morgan fingerprint density at radius 3 is 2.48 bits per heavy atom. The van der Waals surface area contributed by atoms with Crippen LogP contribution in [0, 0.1) is 17.3 Å².